The van der Waals surface area contributed by atoms with Gasteiger partial charge in [0.2, 0.25) is 0 Å². The van der Waals surface area contributed by atoms with Crippen LogP contribution in [0, 0.1) is 11.7 Å². The Labute approximate surface area is 215 Å². The topological polar surface area (TPSA) is 83.9 Å². The van der Waals surface area contributed by atoms with Crippen LogP contribution in [0.5, 0.6) is 0 Å². The van der Waals surface area contributed by atoms with Crippen molar-refractivity contribution in [2.75, 3.05) is 7.11 Å². The molecular formula is C28H23F4NO5. The van der Waals surface area contributed by atoms with Gasteiger partial charge in [0.15, 0.2) is 0 Å². The van der Waals surface area contributed by atoms with Crippen LogP contribution >= 0.6 is 0 Å². The summed E-state index contributed by atoms with van der Waals surface area (Å²) in [6, 6.07) is 15.6. The number of halogens is 4. The van der Waals surface area contributed by atoms with Crippen LogP contribution in [0.1, 0.15) is 39.5 Å². The second kappa shape index (κ2) is 10.3. The fourth-order valence-corrected chi connectivity index (χ4v) is 5.07. The van der Waals surface area contributed by atoms with E-state index in [1.54, 1.807) is 30.3 Å². The minimum Gasteiger partial charge on any atom is -0.479 e. The molecule has 0 aliphatic carbocycles. The number of nitrogens with zero attached hydrogens (tertiary/aromatic N) is 1. The van der Waals surface area contributed by atoms with E-state index in [0.29, 0.717) is 5.56 Å². The maximum absolute atomic E-state index is 14.3. The molecule has 1 aliphatic rings. The predicted molar refractivity (Wildman–Crippen MR) is 127 cm³/mol. The molecule has 1 fully saturated rings. The summed E-state index contributed by atoms with van der Waals surface area (Å²) in [5.74, 6) is -5.02. The molecule has 1 saturated heterocycles. The molecule has 1 amide bonds. The van der Waals surface area contributed by atoms with Gasteiger partial charge in [-0.15, -0.1) is 0 Å². The number of benzene rings is 3. The number of amides is 1. The van der Waals surface area contributed by atoms with Crippen LogP contribution in [0.15, 0.2) is 78.9 Å². The van der Waals surface area contributed by atoms with Gasteiger partial charge >= 0.3 is 18.1 Å². The van der Waals surface area contributed by atoms with Gasteiger partial charge in [-0.3, -0.25) is 9.59 Å². The van der Waals surface area contributed by atoms with Gasteiger partial charge in [-0.25, -0.2) is 9.18 Å². The molecule has 1 N–H and O–H groups in total. The van der Waals surface area contributed by atoms with Crippen LogP contribution in [-0.4, -0.2) is 40.5 Å². The molecule has 3 aromatic carbocycles. The van der Waals surface area contributed by atoms with Gasteiger partial charge in [-0.05, 0) is 53.9 Å². The number of rotatable bonds is 6. The van der Waals surface area contributed by atoms with Gasteiger partial charge < -0.3 is 14.7 Å². The number of carbonyl (C=O) groups excluding carboxylic acids is 2. The highest BCUT2D eigenvalue weighted by atomic mass is 19.4. The van der Waals surface area contributed by atoms with E-state index in [9.17, 15) is 37.1 Å². The minimum atomic E-state index is -4.65. The number of aliphatic carboxylic acids is 1. The quantitative estimate of drug-likeness (QED) is 0.347. The molecule has 0 spiro atoms. The molecule has 3 unspecified atom stereocenters. The molecule has 0 saturated carbocycles. The molecule has 0 aromatic heterocycles. The molecule has 1 heterocycles. The average Bonchev–Trinajstić information content (AvgIpc) is 3.24. The van der Waals surface area contributed by atoms with Gasteiger partial charge in [0.1, 0.15) is 11.4 Å². The van der Waals surface area contributed by atoms with E-state index in [1.165, 1.54) is 12.1 Å². The van der Waals surface area contributed by atoms with Gasteiger partial charge in [-0.2, -0.15) is 13.2 Å². The smallest absolute Gasteiger partial charge is 0.416 e. The lowest BCUT2D eigenvalue weighted by Gasteiger charge is -2.38. The number of methoxy groups -OCH3 is 1. The van der Waals surface area contributed by atoms with E-state index in [1.807, 2.05) is 0 Å². The molecule has 1 aliphatic heterocycles. The molecule has 198 valence electrons. The number of likely N-dealkylation sites (tertiary alicyclic amines) is 1. The molecule has 10 heteroatoms. The largest absolute Gasteiger partial charge is 0.479 e. The number of ether oxygens (including phenoxy) is 1. The second-order valence-electron chi connectivity index (χ2n) is 9.08. The summed E-state index contributed by atoms with van der Waals surface area (Å²) in [4.78, 5) is 40.9. The zero-order chi connectivity index (χ0) is 27.7. The minimum absolute atomic E-state index is 0.150. The normalized spacial score (nSPS) is 21.2. The second-order valence-corrected chi connectivity index (χ2v) is 9.08. The number of hydrogen-bond donors (Lipinski definition) is 1. The van der Waals surface area contributed by atoms with Crippen LogP contribution in [0.25, 0.3) is 0 Å². The van der Waals surface area contributed by atoms with Crippen LogP contribution in [-0.2, 0) is 26.9 Å². The van der Waals surface area contributed by atoms with E-state index in [0.717, 1.165) is 48.4 Å². The molecule has 0 bridgehead atoms. The number of alkyl halides is 3. The van der Waals surface area contributed by atoms with Crippen molar-refractivity contribution in [3.63, 3.8) is 0 Å². The van der Waals surface area contributed by atoms with Crippen molar-refractivity contribution in [3.05, 3.63) is 107 Å². The van der Waals surface area contributed by atoms with Crippen molar-refractivity contribution >= 4 is 17.8 Å². The first-order valence-corrected chi connectivity index (χ1v) is 11.6. The molecule has 38 heavy (non-hydrogen) atoms. The zero-order valence-corrected chi connectivity index (χ0v) is 20.1. The number of carboxylic acid groups (broad SMARTS) is 1. The van der Waals surface area contributed by atoms with Crippen LogP contribution < -0.4 is 0 Å². The predicted octanol–water partition coefficient (Wildman–Crippen LogP) is 5.29. The number of carboxylic acids is 1. The van der Waals surface area contributed by atoms with Gasteiger partial charge in [0.25, 0.3) is 5.91 Å². The summed E-state index contributed by atoms with van der Waals surface area (Å²) in [6.45, 7) is 0. The fraction of sp³-hybridized carbons (Fsp3) is 0.250. The fourth-order valence-electron chi connectivity index (χ4n) is 5.07. The van der Waals surface area contributed by atoms with E-state index in [-0.39, 0.29) is 24.0 Å². The molecule has 3 aromatic rings. The van der Waals surface area contributed by atoms with Crippen LogP contribution in [0.4, 0.5) is 17.6 Å². The highest BCUT2D eigenvalue weighted by Crippen LogP contribution is 2.50. The lowest BCUT2D eigenvalue weighted by molar-refractivity contribution is -0.149. The van der Waals surface area contributed by atoms with Crippen molar-refractivity contribution in [1.29, 1.82) is 0 Å². The summed E-state index contributed by atoms with van der Waals surface area (Å²) in [6.07, 6.45) is -5.22. The van der Waals surface area contributed by atoms with E-state index < -0.39 is 52.9 Å². The Morgan fingerprint density at radius 3 is 2.21 bits per heavy atom. The SMILES string of the molecule is COC(=O)C1CC(Cc2ccccc2)(C(=O)O)N(C(=O)c2ccc(C(F)(F)F)cc2)C1c1cccc(F)c1. The first-order chi connectivity index (χ1) is 18.0. The third-order valence-corrected chi connectivity index (χ3v) is 6.79. The Bertz CT molecular complexity index is 1340. The Morgan fingerprint density at radius 2 is 1.66 bits per heavy atom. The van der Waals surface area contributed by atoms with Gasteiger partial charge in [0, 0.05) is 12.0 Å². The first kappa shape index (κ1) is 26.8. The van der Waals surface area contributed by atoms with Crippen LogP contribution in [0.3, 0.4) is 0 Å². The maximum atomic E-state index is 14.3. The van der Waals surface area contributed by atoms with Crippen LogP contribution in [0.2, 0.25) is 0 Å². The Kier molecular flexibility index (Phi) is 7.26. The van der Waals surface area contributed by atoms with Crippen molar-refractivity contribution in [1.82, 2.24) is 4.90 Å². The highest BCUT2D eigenvalue weighted by molar-refractivity contribution is 6.00. The number of esters is 1. The molecule has 4 rings (SSSR count). The summed E-state index contributed by atoms with van der Waals surface area (Å²) in [5.41, 5.74) is -2.51. The summed E-state index contributed by atoms with van der Waals surface area (Å²) < 4.78 is 58.6. The Balaban J connectivity index is 1.93. The van der Waals surface area contributed by atoms with E-state index >= 15 is 0 Å². The van der Waals surface area contributed by atoms with Crippen molar-refractivity contribution in [2.24, 2.45) is 5.92 Å². The third-order valence-electron chi connectivity index (χ3n) is 6.79. The highest BCUT2D eigenvalue weighted by Gasteiger charge is 2.61. The zero-order valence-electron chi connectivity index (χ0n) is 20.1. The first-order valence-electron chi connectivity index (χ1n) is 11.6. The summed E-state index contributed by atoms with van der Waals surface area (Å²) >= 11 is 0. The standard InChI is InChI=1S/C28H23F4NO5/c1-38-25(35)22-16-27(26(36)37,15-17-6-3-2-4-7-17)33(23(22)19-8-5-9-21(29)14-19)24(34)18-10-12-20(13-11-18)28(30,31)32/h2-14,22-23H,15-16H2,1H3,(H,36,37). The van der Waals surface area contributed by atoms with E-state index in [4.69, 9.17) is 4.74 Å². The molecular weight excluding hydrogens is 506 g/mol. The summed E-state index contributed by atoms with van der Waals surface area (Å²) in [7, 11) is 1.12. The molecule has 6 nitrogen and oxygen atoms in total. The van der Waals surface area contributed by atoms with Crippen molar-refractivity contribution in [2.45, 2.75) is 30.6 Å². The van der Waals surface area contributed by atoms with Crippen molar-refractivity contribution in [3.8, 4) is 0 Å². The van der Waals surface area contributed by atoms with Gasteiger partial charge in [0.05, 0.1) is 24.6 Å². The Hall–Kier alpha value is -4.21. The summed E-state index contributed by atoms with van der Waals surface area (Å²) in [5, 5.41) is 10.6. The lowest BCUT2D eigenvalue weighted by atomic mass is 9.84. The van der Waals surface area contributed by atoms with E-state index in [2.05, 4.69) is 0 Å². The van der Waals surface area contributed by atoms with Gasteiger partial charge in [-0.1, -0.05) is 42.5 Å². The average molecular weight is 529 g/mol. The van der Waals surface area contributed by atoms with Crippen molar-refractivity contribution < 1.29 is 41.8 Å². The molecule has 0 radical (unpaired) electrons. The Morgan fingerprint density at radius 1 is 1.00 bits per heavy atom. The number of hydrogen-bond acceptors (Lipinski definition) is 4. The maximum Gasteiger partial charge on any atom is 0.416 e. The monoisotopic (exact) mass is 529 g/mol. The number of carbonyl (C=O) groups is 3. The third kappa shape index (κ3) is 4.98. The molecule has 3 atom stereocenters. The lowest BCUT2D eigenvalue weighted by Crippen LogP contribution is -2.55.